The zero-order valence-electron chi connectivity index (χ0n) is 17.6. The minimum Gasteiger partial charge on any atom is -0.454 e. The van der Waals surface area contributed by atoms with Crippen molar-refractivity contribution >= 4 is 41.0 Å². The third-order valence-corrected chi connectivity index (χ3v) is 7.65. The van der Waals surface area contributed by atoms with Crippen molar-refractivity contribution < 1.29 is 19.1 Å². The maximum absolute atomic E-state index is 12.9. The minimum absolute atomic E-state index is 0.0287. The molecule has 0 unspecified atom stereocenters. The molecule has 4 bridgehead atoms. The van der Waals surface area contributed by atoms with E-state index in [9.17, 15) is 14.4 Å². The lowest BCUT2D eigenvalue weighted by Gasteiger charge is -2.55. The van der Waals surface area contributed by atoms with E-state index in [1.807, 2.05) is 0 Å². The lowest BCUT2D eigenvalue weighted by Crippen LogP contribution is -2.54. The summed E-state index contributed by atoms with van der Waals surface area (Å²) in [6.45, 7) is 1.15. The highest BCUT2D eigenvalue weighted by Crippen LogP contribution is 2.60. The first-order chi connectivity index (χ1) is 14.7. The van der Waals surface area contributed by atoms with E-state index in [1.165, 1.54) is 19.3 Å². The number of benzene rings is 1. The summed E-state index contributed by atoms with van der Waals surface area (Å²) in [6, 6.07) is 4.67. The second-order valence-electron chi connectivity index (χ2n) is 9.50. The zero-order chi connectivity index (χ0) is 22.2. The van der Waals surface area contributed by atoms with Crippen LogP contribution in [0.2, 0.25) is 10.0 Å². The molecule has 0 spiro atoms. The summed E-state index contributed by atoms with van der Waals surface area (Å²) >= 11 is 12.0. The van der Waals surface area contributed by atoms with Crippen molar-refractivity contribution in [2.24, 2.45) is 23.2 Å². The van der Waals surface area contributed by atoms with Crippen LogP contribution < -0.4 is 10.6 Å². The van der Waals surface area contributed by atoms with E-state index in [0.717, 1.165) is 19.3 Å². The molecule has 4 fully saturated rings. The molecule has 5 rings (SSSR count). The number of hydrogen-bond donors (Lipinski definition) is 2. The van der Waals surface area contributed by atoms with Gasteiger partial charge in [0.1, 0.15) is 6.54 Å². The lowest BCUT2D eigenvalue weighted by atomic mass is 9.49. The Kier molecular flexibility index (Phi) is 6.50. The third kappa shape index (κ3) is 5.01. The fourth-order valence-electron chi connectivity index (χ4n) is 6.14. The highest BCUT2D eigenvalue weighted by Gasteiger charge is 2.54. The molecule has 2 amide bonds. The van der Waals surface area contributed by atoms with Gasteiger partial charge in [-0.1, -0.05) is 29.3 Å². The van der Waals surface area contributed by atoms with Crippen molar-refractivity contribution in [2.75, 3.05) is 13.2 Å². The van der Waals surface area contributed by atoms with Crippen molar-refractivity contribution in [3.63, 3.8) is 0 Å². The molecule has 6 nitrogen and oxygen atoms in total. The Morgan fingerprint density at radius 3 is 2.29 bits per heavy atom. The van der Waals surface area contributed by atoms with Gasteiger partial charge in [-0.05, 0) is 80.9 Å². The van der Waals surface area contributed by atoms with E-state index in [-0.39, 0.29) is 23.9 Å². The first-order valence-electron chi connectivity index (χ1n) is 10.9. The van der Waals surface area contributed by atoms with E-state index >= 15 is 0 Å². The van der Waals surface area contributed by atoms with Gasteiger partial charge in [0, 0.05) is 15.5 Å². The maximum atomic E-state index is 12.9. The van der Waals surface area contributed by atoms with Crippen LogP contribution in [0.3, 0.4) is 0 Å². The molecule has 0 aromatic heterocycles. The number of nitrogens with one attached hydrogen (secondary N) is 2. The number of esters is 1. The van der Waals surface area contributed by atoms with Gasteiger partial charge in [-0.2, -0.15) is 0 Å². The van der Waals surface area contributed by atoms with Crippen LogP contribution in [0.25, 0.3) is 0 Å². The second kappa shape index (κ2) is 8.99. The van der Waals surface area contributed by atoms with Crippen LogP contribution in [0.4, 0.5) is 0 Å². The third-order valence-electron chi connectivity index (χ3n) is 7.08. The van der Waals surface area contributed by atoms with Gasteiger partial charge in [-0.15, -0.1) is 0 Å². The molecule has 4 aliphatic rings. The SMILES string of the molecule is C[C@H](NC(=O)COC(=O)CNC(=O)C12CC3CC(CC(C3)C1)C2)c1ccc(Cl)cc1Cl. The van der Waals surface area contributed by atoms with E-state index < -0.39 is 18.5 Å². The molecule has 8 heteroatoms. The Hall–Kier alpha value is -1.79. The molecular weight excluding hydrogens is 439 g/mol. The predicted molar refractivity (Wildman–Crippen MR) is 118 cm³/mol. The maximum Gasteiger partial charge on any atom is 0.325 e. The highest BCUT2D eigenvalue weighted by molar-refractivity contribution is 6.35. The smallest absolute Gasteiger partial charge is 0.325 e. The standard InChI is InChI=1S/C23H28Cl2N2O4/c1-13(18-3-2-17(24)7-19(18)25)27-20(28)12-31-21(29)11-26-22(30)23-8-14-4-15(9-23)6-16(5-14)10-23/h2-3,7,13-16H,4-6,8-12H2,1H3,(H,26,30)(H,27,28)/t13-,14?,15?,16?,23?/m0/s1. The molecule has 0 heterocycles. The molecule has 0 aliphatic heterocycles. The lowest BCUT2D eigenvalue weighted by molar-refractivity contribution is -0.152. The number of amides is 2. The molecule has 1 aromatic carbocycles. The molecule has 0 saturated heterocycles. The summed E-state index contributed by atoms with van der Waals surface area (Å²) in [5.41, 5.74) is 0.410. The van der Waals surface area contributed by atoms with Gasteiger partial charge in [0.25, 0.3) is 5.91 Å². The Morgan fingerprint density at radius 2 is 1.71 bits per heavy atom. The Balaban J connectivity index is 1.20. The van der Waals surface area contributed by atoms with Crippen LogP contribution in [0.15, 0.2) is 18.2 Å². The highest BCUT2D eigenvalue weighted by atomic mass is 35.5. The van der Waals surface area contributed by atoms with Crippen molar-refractivity contribution in [2.45, 2.75) is 51.5 Å². The van der Waals surface area contributed by atoms with Crippen LogP contribution in [-0.2, 0) is 19.1 Å². The van der Waals surface area contributed by atoms with Gasteiger partial charge in [0.2, 0.25) is 5.91 Å². The second-order valence-corrected chi connectivity index (χ2v) is 10.3. The first kappa shape index (κ1) is 22.4. The van der Waals surface area contributed by atoms with Crippen LogP contribution in [0.5, 0.6) is 0 Å². The Bertz CT molecular complexity index is 853. The van der Waals surface area contributed by atoms with Crippen LogP contribution in [0.1, 0.15) is 57.1 Å². The predicted octanol–water partition coefficient (Wildman–Crippen LogP) is 4.05. The number of halogens is 2. The van der Waals surface area contributed by atoms with Gasteiger partial charge in [0.15, 0.2) is 6.61 Å². The van der Waals surface area contributed by atoms with Crippen molar-refractivity contribution in [1.29, 1.82) is 0 Å². The quantitative estimate of drug-likeness (QED) is 0.593. The minimum atomic E-state index is -0.620. The molecule has 1 atom stereocenters. The number of carbonyl (C=O) groups excluding carboxylic acids is 3. The largest absolute Gasteiger partial charge is 0.454 e. The van der Waals surface area contributed by atoms with E-state index in [2.05, 4.69) is 10.6 Å². The fourth-order valence-corrected chi connectivity index (χ4v) is 6.71. The molecule has 31 heavy (non-hydrogen) atoms. The molecule has 1 aromatic rings. The fraction of sp³-hybridized carbons (Fsp3) is 0.609. The summed E-state index contributed by atoms with van der Waals surface area (Å²) in [7, 11) is 0. The molecule has 2 N–H and O–H groups in total. The average Bonchev–Trinajstić information content (AvgIpc) is 2.69. The number of hydrogen-bond acceptors (Lipinski definition) is 4. The van der Waals surface area contributed by atoms with Gasteiger partial charge in [-0.25, -0.2) is 0 Å². The van der Waals surface area contributed by atoms with Gasteiger partial charge >= 0.3 is 5.97 Å². The van der Waals surface area contributed by atoms with Gasteiger partial charge < -0.3 is 15.4 Å². The van der Waals surface area contributed by atoms with Crippen LogP contribution >= 0.6 is 23.2 Å². The summed E-state index contributed by atoms with van der Waals surface area (Å²) in [5.74, 6) is 0.875. The van der Waals surface area contributed by atoms with E-state index in [0.29, 0.717) is 33.4 Å². The Morgan fingerprint density at radius 1 is 1.10 bits per heavy atom. The van der Waals surface area contributed by atoms with Crippen molar-refractivity contribution in [3.05, 3.63) is 33.8 Å². The summed E-state index contributed by atoms with van der Waals surface area (Å²) in [4.78, 5) is 37.1. The van der Waals surface area contributed by atoms with E-state index in [1.54, 1.807) is 25.1 Å². The van der Waals surface area contributed by atoms with Gasteiger partial charge in [0.05, 0.1) is 6.04 Å². The zero-order valence-corrected chi connectivity index (χ0v) is 19.1. The molecular formula is C23H28Cl2N2O4. The number of carbonyl (C=O) groups is 3. The van der Waals surface area contributed by atoms with Crippen LogP contribution in [-0.4, -0.2) is 30.9 Å². The summed E-state index contributed by atoms with van der Waals surface area (Å²) in [5, 5.41) is 6.46. The number of rotatable bonds is 7. The Labute approximate surface area is 192 Å². The molecule has 4 saturated carbocycles. The summed E-state index contributed by atoms with van der Waals surface area (Å²) < 4.78 is 5.04. The summed E-state index contributed by atoms with van der Waals surface area (Å²) in [6.07, 6.45) is 6.57. The van der Waals surface area contributed by atoms with Crippen LogP contribution in [0, 0.1) is 23.2 Å². The molecule has 4 aliphatic carbocycles. The average molecular weight is 467 g/mol. The van der Waals surface area contributed by atoms with E-state index in [4.69, 9.17) is 27.9 Å². The van der Waals surface area contributed by atoms with Gasteiger partial charge in [-0.3, -0.25) is 14.4 Å². The molecule has 168 valence electrons. The number of ether oxygens (including phenoxy) is 1. The van der Waals surface area contributed by atoms with Crippen molar-refractivity contribution in [1.82, 2.24) is 10.6 Å². The van der Waals surface area contributed by atoms with Crippen molar-refractivity contribution in [3.8, 4) is 0 Å². The normalized spacial score (nSPS) is 29.3. The molecule has 0 radical (unpaired) electrons. The topological polar surface area (TPSA) is 84.5 Å². The monoisotopic (exact) mass is 466 g/mol. The first-order valence-corrected chi connectivity index (χ1v) is 11.7.